The Hall–Kier alpha value is -1.50. The largest absolute Gasteiger partial charge is 0.449 e. The maximum Gasteiger partial charge on any atom is 0.449 e. The SMILES string of the molecule is FC(F)(F)Sc1ncc(Cc2ccncc2)[nH]1. The zero-order chi connectivity index (χ0) is 12.3. The number of imidazole rings is 1. The number of hydrogen-bond acceptors (Lipinski definition) is 3. The summed E-state index contributed by atoms with van der Waals surface area (Å²) < 4.78 is 36.2. The quantitative estimate of drug-likeness (QED) is 0.861. The number of rotatable bonds is 3. The summed E-state index contributed by atoms with van der Waals surface area (Å²) in [7, 11) is 0. The Labute approximate surface area is 99.5 Å². The lowest BCUT2D eigenvalue weighted by Gasteiger charge is -2.01. The number of hydrogen-bond donors (Lipinski definition) is 1. The lowest BCUT2D eigenvalue weighted by Crippen LogP contribution is -2.00. The van der Waals surface area contributed by atoms with E-state index in [9.17, 15) is 13.2 Å². The maximum atomic E-state index is 12.1. The van der Waals surface area contributed by atoms with Crippen LogP contribution in [0.25, 0.3) is 0 Å². The summed E-state index contributed by atoms with van der Waals surface area (Å²) in [5.74, 6) is 0. The maximum absolute atomic E-state index is 12.1. The van der Waals surface area contributed by atoms with Gasteiger partial charge in [0.05, 0.1) is 0 Å². The van der Waals surface area contributed by atoms with E-state index < -0.39 is 5.51 Å². The molecule has 0 aliphatic heterocycles. The molecule has 0 unspecified atom stereocenters. The minimum atomic E-state index is -4.31. The number of alkyl halides is 3. The second-order valence-corrected chi connectivity index (χ2v) is 4.35. The summed E-state index contributed by atoms with van der Waals surface area (Å²) >= 11 is -0.247. The summed E-state index contributed by atoms with van der Waals surface area (Å²) in [5.41, 5.74) is -2.71. The number of H-pyrrole nitrogens is 1. The molecule has 0 amide bonds. The second-order valence-electron chi connectivity index (χ2n) is 3.29. The van der Waals surface area contributed by atoms with Crippen LogP contribution in [0.15, 0.2) is 35.9 Å². The third-order valence-electron chi connectivity index (χ3n) is 1.96. The first-order valence-electron chi connectivity index (χ1n) is 4.71. The van der Waals surface area contributed by atoms with Crippen LogP contribution in [0.5, 0.6) is 0 Å². The van der Waals surface area contributed by atoms with E-state index in [1.807, 2.05) is 0 Å². The van der Waals surface area contributed by atoms with Gasteiger partial charge in [-0.25, -0.2) is 4.98 Å². The first-order chi connectivity index (χ1) is 8.03. The fourth-order valence-corrected chi connectivity index (χ4v) is 1.82. The van der Waals surface area contributed by atoms with Gasteiger partial charge in [0.25, 0.3) is 0 Å². The molecular weight excluding hydrogens is 251 g/mol. The number of aromatic nitrogens is 3. The molecular formula is C10H8F3N3S. The van der Waals surface area contributed by atoms with E-state index in [0.29, 0.717) is 12.1 Å². The smallest absolute Gasteiger partial charge is 0.336 e. The molecule has 0 saturated heterocycles. The first kappa shape index (κ1) is 12.0. The number of halogens is 3. The lowest BCUT2D eigenvalue weighted by atomic mass is 10.2. The van der Waals surface area contributed by atoms with Crippen LogP contribution < -0.4 is 0 Å². The third-order valence-corrected chi connectivity index (χ3v) is 2.59. The van der Waals surface area contributed by atoms with Crippen LogP contribution in [0, 0.1) is 0 Å². The molecule has 2 aromatic rings. The van der Waals surface area contributed by atoms with Gasteiger partial charge >= 0.3 is 5.51 Å². The summed E-state index contributed by atoms with van der Waals surface area (Å²) in [6.45, 7) is 0. The monoisotopic (exact) mass is 259 g/mol. The minimum absolute atomic E-state index is 0.137. The average Bonchev–Trinajstić information content (AvgIpc) is 2.64. The van der Waals surface area contributed by atoms with E-state index in [4.69, 9.17) is 0 Å². The topological polar surface area (TPSA) is 41.6 Å². The van der Waals surface area contributed by atoms with Crippen molar-refractivity contribution in [1.29, 1.82) is 0 Å². The molecule has 3 nitrogen and oxygen atoms in total. The molecule has 1 N–H and O–H groups in total. The van der Waals surface area contributed by atoms with Crippen LogP contribution in [-0.4, -0.2) is 20.5 Å². The molecule has 0 aliphatic carbocycles. The molecule has 0 aliphatic rings. The number of thioether (sulfide) groups is 1. The van der Waals surface area contributed by atoms with E-state index in [2.05, 4.69) is 15.0 Å². The molecule has 7 heteroatoms. The molecule has 0 atom stereocenters. The van der Waals surface area contributed by atoms with E-state index in [1.54, 1.807) is 24.5 Å². The minimum Gasteiger partial charge on any atom is -0.336 e. The lowest BCUT2D eigenvalue weighted by molar-refractivity contribution is -0.0330. The van der Waals surface area contributed by atoms with E-state index in [0.717, 1.165) is 5.56 Å². The van der Waals surface area contributed by atoms with Crippen LogP contribution in [0.3, 0.4) is 0 Å². The van der Waals surface area contributed by atoms with Crippen molar-refractivity contribution >= 4 is 11.8 Å². The molecule has 0 fully saturated rings. The van der Waals surface area contributed by atoms with Gasteiger partial charge in [0, 0.05) is 42.5 Å². The second kappa shape index (κ2) is 4.79. The fraction of sp³-hybridized carbons (Fsp3) is 0.200. The highest BCUT2D eigenvalue weighted by molar-refractivity contribution is 8.00. The van der Waals surface area contributed by atoms with E-state index in [-0.39, 0.29) is 16.9 Å². The predicted octanol–water partition coefficient (Wildman–Crippen LogP) is 3.01. The number of pyridine rings is 1. The van der Waals surface area contributed by atoms with Gasteiger partial charge in [0.2, 0.25) is 0 Å². The Kier molecular flexibility index (Phi) is 3.37. The molecule has 0 spiro atoms. The number of aromatic amines is 1. The summed E-state index contributed by atoms with van der Waals surface area (Å²) in [6, 6.07) is 3.61. The average molecular weight is 259 g/mol. The van der Waals surface area contributed by atoms with Crippen molar-refractivity contribution in [3.63, 3.8) is 0 Å². The van der Waals surface area contributed by atoms with Gasteiger partial charge in [-0.3, -0.25) is 4.98 Å². The van der Waals surface area contributed by atoms with Crippen LogP contribution in [-0.2, 0) is 6.42 Å². The number of nitrogens with one attached hydrogen (secondary N) is 1. The highest BCUT2D eigenvalue weighted by Gasteiger charge is 2.30. The highest BCUT2D eigenvalue weighted by atomic mass is 32.2. The molecule has 17 heavy (non-hydrogen) atoms. The fourth-order valence-electron chi connectivity index (χ4n) is 1.31. The molecule has 2 rings (SSSR count). The standard InChI is InChI=1S/C10H8F3N3S/c11-10(12,13)17-9-15-6-8(16-9)5-7-1-3-14-4-2-7/h1-4,6H,5H2,(H,15,16). The van der Waals surface area contributed by atoms with Crippen molar-refractivity contribution < 1.29 is 13.2 Å². The van der Waals surface area contributed by atoms with Crippen LogP contribution in [0.4, 0.5) is 13.2 Å². The van der Waals surface area contributed by atoms with Crippen LogP contribution in [0.2, 0.25) is 0 Å². The van der Waals surface area contributed by atoms with E-state index in [1.165, 1.54) is 6.20 Å². The van der Waals surface area contributed by atoms with Gasteiger partial charge in [-0.2, -0.15) is 13.2 Å². The summed E-state index contributed by atoms with van der Waals surface area (Å²) in [4.78, 5) is 10.2. The molecule has 2 heterocycles. The Morgan fingerprint density at radius 2 is 1.94 bits per heavy atom. The molecule has 90 valence electrons. The van der Waals surface area contributed by atoms with Gasteiger partial charge in [-0.1, -0.05) is 0 Å². The zero-order valence-corrected chi connectivity index (χ0v) is 9.35. The Bertz CT molecular complexity index is 481. The predicted molar refractivity (Wildman–Crippen MR) is 57.5 cm³/mol. The summed E-state index contributed by atoms with van der Waals surface area (Å²) in [5, 5.41) is -0.137. The summed E-state index contributed by atoms with van der Waals surface area (Å²) in [6.07, 6.45) is 5.19. The molecule has 0 aromatic carbocycles. The van der Waals surface area contributed by atoms with Crippen LogP contribution >= 0.6 is 11.8 Å². The Morgan fingerprint density at radius 1 is 1.24 bits per heavy atom. The van der Waals surface area contributed by atoms with E-state index >= 15 is 0 Å². The first-order valence-corrected chi connectivity index (χ1v) is 5.53. The van der Waals surface area contributed by atoms with Crippen molar-refractivity contribution in [2.24, 2.45) is 0 Å². The van der Waals surface area contributed by atoms with Crippen molar-refractivity contribution in [2.75, 3.05) is 0 Å². The Balaban J connectivity index is 2.04. The van der Waals surface area contributed by atoms with Gasteiger partial charge in [0.15, 0.2) is 5.16 Å². The molecule has 2 aromatic heterocycles. The van der Waals surface area contributed by atoms with Crippen molar-refractivity contribution in [1.82, 2.24) is 15.0 Å². The molecule has 0 radical (unpaired) electrons. The zero-order valence-electron chi connectivity index (χ0n) is 8.53. The highest BCUT2D eigenvalue weighted by Crippen LogP contribution is 2.34. The van der Waals surface area contributed by atoms with Crippen molar-refractivity contribution in [3.8, 4) is 0 Å². The third kappa shape index (κ3) is 3.77. The van der Waals surface area contributed by atoms with Crippen molar-refractivity contribution in [2.45, 2.75) is 17.1 Å². The molecule has 0 saturated carbocycles. The number of nitrogens with zero attached hydrogens (tertiary/aromatic N) is 2. The van der Waals surface area contributed by atoms with Gasteiger partial charge in [-0.15, -0.1) is 0 Å². The van der Waals surface area contributed by atoms with Gasteiger partial charge in [-0.05, 0) is 17.7 Å². The van der Waals surface area contributed by atoms with Gasteiger partial charge < -0.3 is 4.98 Å². The van der Waals surface area contributed by atoms with Gasteiger partial charge in [0.1, 0.15) is 0 Å². The van der Waals surface area contributed by atoms with Crippen LogP contribution in [0.1, 0.15) is 11.3 Å². The molecule has 0 bridgehead atoms. The normalized spacial score (nSPS) is 11.7. The Morgan fingerprint density at radius 3 is 2.59 bits per heavy atom. The van der Waals surface area contributed by atoms with Crippen molar-refractivity contribution in [3.05, 3.63) is 42.0 Å².